The van der Waals surface area contributed by atoms with Crippen LogP contribution in [0.1, 0.15) is 55.6 Å². The van der Waals surface area contributed by atoms with Crippen molar-refractivity contribution in [2.24, 2.45) is 0 Å². The molecular weight excluding hydrogens is 943 g/mol. The summed E-state index contributed by atoms with van der Waals surface area (Å²) in [5, 5.41) is 0. The number of hydrogen-bond acceptors (Lipinski definition) is 6. The van der Waals surface area contributed by atoms with Crippen molar-refractivity contribution in [3.63, 3.8) is 0 Å². The van der Waals surface area contributed by atoms with Gasteiger partial charge in [-0.25, -0.2) is 0 Å². The van der Waals surface area contributed by atoms with Crippen molar-refractivity contribution in [1.29, 1.82) is 0 Å². The third-order valence-electron chi connectivity index (χ3n) is 12.8. The molecule has 0 N–H and O–H groups in total. The summed E-state index contributed by atoms with van der Waals surface area (Å²) in [7, 11) is 0. The summed E-state index contributed by atoms with van der Waals surface area (Å²) < 4.78 is 13.5. The Morgan fingerprint density at radius 3 is 0.819 bits per heavy atom. The van der Waals surface area contributed by atoms with Crippen LogP contribution in [-0.2, 0) is 59.2 Å². The number of ether oxygens (including phenoxy) is 2. The van der Waals surface area contributed by atoms with Gasteiger partial charge in [0, 0.05) is 46.0 Å². The normalized spacial score (nSPS) is 13.9. The molecule has 0 amide bonds. The zero-order valence-corrected chi connectivity index (χ0v) is 44.3. The van der Waals surface area contributed by atoms with E-state index in [2.05, 4.69) is 206 Å². The molecule has 15 rings (SSSR count). The Bertz CT molecular complexity index is 2820. The fraction of sp³-hybridized carbons (Fsp3) is 0.156. The van der Waals surface area contributed by atoms with Crippen molar-refractivity contribution in [3.05, 3.63) is 262 Å². The van der Waals surface area contributed by atoms with Gasteiger partial charge in [0.1, 0.15) is 24.7 Å². The third-order valence-corrected chi connectivity index (χ3v) is 17.1. The van der Waals surface area contributed by atoms with E-state index in [0.29, 0.717) is 13.2 Å². The molecule has 6 aliphatic heterocycles. The minimum Gasteiger partial charge on any atom is -0.489 e. The smallest absolute Gasteiger partial charge is 0.489 e. The maximum Gasteiger partial charge on any atom is 1.00 e. The molecule has 18 bridgehead atoms. The van der Waals surface area contributed by atoms with Gasteiger partial charge in [-0.15, -0.1) is 22.3 Å². The van der Waals surface area contributed by atoms with Gasteiger partial charge in [-0.2, -0.15) is 95.6 Å². The molecule has 0 saturated heterocycles. The Hall–Kier alpha value is -4.83. The standard InChI is InChI=1S/C64H52O2S4.2Li/c1-2-6-62-36-66-64-31-51-28-52(32-64)44-70-40-48-17-25-56(26-18-48)60-10-4-8-58(34-60)54-21-13-46(14-22-54)38-68-42-50-27-49(29-63(30-50)65-35-61(62)5-1)41-67-37-45-11-19-53(20-12-45)57-7-3-9-59(33-57)55-23-15-47(16-24-55)39-69-43-51;;/h1-2,5-34H,35-44H2;;/q-2;2*+1. The Morgan fingerprint density at radius 1 is 0.278 bits per heavy atom. The Kier molecular flexibility index (Phi) is 18.4. The van der Waals surface area contributed by atoms with E-state index in [-0.39, 0.29) is 37.7 Å². The van der Waals surface area contributed by atoms with E-state index < -0.39 is 0 Å². The van der Waals surface area contributed by atoms with Crippen LogP contribution < -0.4 is 47.2 Å². The van der Waals surface area contributed by atoms with Crippen LogP contribution in [0.4, 0.5) is 0 Å². The van der Waals surface area contributed by atoms with Crippen LogP contribution in [0, 0.1) is 12.1 Å². The molecule has 0 saturated carbocycles. The van der Waals surface area contributed by atoms with Crippen molar-refractivity contribution in [3.8, 4) is 56.0 Å². The van der Waals surface area contributed by atoms with Gasteiger partial charge in [-0.1, -0.05) is 156 Å². The SMILES string of the molecule is [Li+].[Li+].[c-]1cc2cc(c1)-c1ccc(cc1)CSCc1cc3cc(c1)OCc1ccccc1COc1cc(cc(c1)CSCc1ccc(cc1)-c1c[c-]cc(c1)-c1ccc(cc1)CSC3)CSCc1ccc-2cc1. The van der Waals surface area contributed by atoms with Crippen LogP contribution in [-0.4, -0.2) is 0 Å². The zero-order chi connectivity index (χ0) is 46.9. The topological polar surface area (TPSA) is 18.5 Å². The molecule has 0 atom stereocenters. The molecule has 9 aromatic carbocycles. The maximum absolute atomic E-state index is 6.73. The first-order chi connectivity index (χ1) is 34.6. The third kappa shape index (κ3) is 13.7. The molecule has 0 spiro atoms. The van der Waals surface area contributed by atoms with Gasteiger partial charge in [0.15, 0.2) is 0 Å². The Morgan fingerprint density at radius 2 is 0.542 bits per heavy atom. The number of fused-ring (bicyclic) bond motifs is 4. The average molecular weight is 995 g/mol. The van der Waals surface area contributed by atoms with E-state index in [9.17, 15) is 0 Å². The minimum absolute atomic E-state index is 0. The first-order valence-corrected chi connectivity index (χ1v) is 28.5. The quantitative estimate of drug-likeness (QED) is 0.111. The molecule has 0 aromatic heterocycles. The van der Waals surface area contributed by atoms with Crippen LogP contribution in [0.3, 0.4) is 0 Å². The molecule has 346 valence electrons. The van der Waals surface area contributed by atoms with Gasteiger partial charge >= 0.3 is 37.7 Å². The number of hydrogen-bond donors (Lipinski definition) is 0. The Balaban J connectivity index is 0.00000320. The molecule has 6 aliphatic rings. The van der Waals surface area contributed by atoms with E-state index in [4.69, 9.17) is 9.47 Å². The van der Waals surface area contributed by atoms with Gasteiger partial charge < -0.3 is 9.47 Å². The zero-order valence-electron chi connectivity index (χ0n) is 41.0. The van der Waals surface area contributed by atoms with Gasteiger partial charge in [-0.3, -0.25) is 0 Å². The van der Waals surface area contributed by atoms with Crippen LogP contribution in [0.15, 0.2) is 194 Å². The predicted octanol–water partition coefficient (Wildman–Crippen LogP) is 11.5. The van der Waals surface area contributed by atoms with Gasteiger partial charge in [0.25, 0.3) is 0 Å². The van der Waals surface area contributed by atoms with Gasteiger partial charge in [0.05, 0.1) is 0 Å². The monoisotopic (exact) mass is 994 g/mol. The summed E-state index contributed by atoms with van der Waals surface area (Å²) in [4.78, 5) is 0. The number of thioether (sulfide) groups is 4. The number of rotatable bonds is 0. The second-order valence-electron chi connectivity index (χ2n) is 18.1. The Labute approximate surface area is 467 Å². The fourth-order valence-electron chi connectivity index (χ4n) is 9.05. The maximum atomic E-state index is 6.73. The molecule has 8 heteroatoms. The summed E-state index contributed by atoms with van der Waals surface area (Å²) >= 11 is 7.78. The summed E-state index contributed by atoms with van der Waals surface area (Å²) in [6.45, 7) is 0.923. The van der Waals surface area contributed by atoms with Crippen molar-refractivity contribution in [2.75, 3.05) is 0 Å². The van der Waals surface area contributed by atoms with Crippen LogP contribution in [0.25, 0.3) is 44.5 Å². The molecular formula is C64H52Li2O2S4. The summed E-state index contributed by atoms with van der Waals surface area (Å²) in [6, 6.07) is 78.3. The molecule has 0 aliphatic carbocycles. The molecule has 0 radical (unpaired) electrons. The molecule has 2 nitrogen and oxygen atoms in total. The number of benzene rings is 9. The molecule has 6 heterocycles. The van der Waals surface area contributed by atoms with E-state index in [1.54, 1.807) is 0 Å². The van der Waals surface area contributed by atoms with E-state index >= 15 is 0 Å². The summed E-state index contributed by atoms with van der Waals surface area (Å²) in [6.07, 6.45) is 0. The van der Waals surface area contributed by atoms with Gasteiger partial charge in [0.2, 0.25) is 0 Å². The van der Waals surface area contributed by atoms with E-state index in [1.807, 2.05) is 47.0 Å². The predicted molar refractivity (Wildman–Crippen MR) is 300 cm³/mol. The summed E-state index contributed by atoms with van der Waals surface area (Å²) in [5.41, 5.74) is 22.2. The second kappa shape index (κ2) is 25.4. The van der Waals surface area contributed by atoms with Gasteiger partial charge in [-0.05, 0) is 79.9 Å². The van der Waals surface area contributed by atoms with Crippen LogP contribution >= 0.6 is 47.0 Å². The minimum atomic E-state index is 0. The van der Waals surface area contributed by atoms with Crippen molar-refractivity contribution >= 4 is 47.0 Å². The molecule has 9 aromatic rings. The van der Waals surface area contributed by atoms with E-state index in [0.717, 1.165) is 68.6 Å². The van der Waals surface area contributed by atoms with Crippen molar-refractivity contribution < 1.29 is 47.2 Å². The fourth-order valence-corrected chi connectivity index (χ4v) is 12.8. The largest absolute Gasteiger partial charge is 1.00 e. The average Bonchev–Trinajstić information content (AvgIpc) is 3.40. The van der Waals surface area contributed by atoms with Crippen LogP contribution in [0.2, 0.25) is 0 Å². The molecule has 0 unspecified atom stereocenters. The first kappa shape index (κ1) is 52.1. The summed E-state index contributed by atoms with van der Waals surface area (Å²) in [5.74, 6) is 9.06. The van der Waals surface area contributed by atoms with Crippen molar-refractivity contribution in [2.45, 2.75) is 59.2 Å². The van der Waals surface area contributed by atoms with Crippen LogP contribution in [0.5, 0.6) is 11.5 Å². The molecule has 0 fully saturated rings. The molecule has 72 heavy (non-hydrogen) atoms. The van der Waals surface area contributed by atoms with Crippen molar-refractivity contribution in [1.82, 2.24) is 0 Å². The first-order valence-electron chi connectivity index (χ1n) is 23.9. The van der Waals surface area contributed by atoms with E-state index in [1.165, 1.54) is 89.0 Å². The second-order valence-corrected chi connectivity index (χ2v) is 22.0.